The van der Waals surface area contributed by atoms with E-state index in [0.717, 1.165) is 64.6 Å². The van der Waals surface area contributed by atoms with Crippen LogP contribution in [0.5, 0.6) is 0 Å². The van der Waals surface area contributed by atoms with Crippen LogP contribution in [0.2, 0.25) is 0 Å². The van der Waals surface area contributed by atoms with Crippen molar-refractivity contribution in [3.05, 3.63) is 85.1 Å². The van der Waals surface area contributed by atoms with Gasteiger partial charge in [-0.2, -0.15) is 0 Å². The molecule has 6 aromatic rings. The molecule has 0 aliphatic heterocycles. The zero-order chi connectivity index (χ0) is 25.9. The summed E-state index contributed by atoms with van der Waals surface area (Å²) in [5.74, 6) is 2.90. The summed E-state index contributed by atoms with van der Waals surface area (Å²) in [4.78, 5) is 9.29. The molecule has 0 spiro atoms. The summed E-state index contributed by atoms with van der Waals surface area (Å²) in [5, 5.41) is 13.7. The van der Waals surface area contributed by atoms with Gasteiger partial charge in [0.25, 0.3) is 0 Å². The van der Waals surface area contributed by atoms with Gasteiger partial charge in [0.05, 0.1) is 35.8 Å². The Hall–Kier alpha value is -4.24. The van der Waals surface area contributed by atoms with E-state index in [1.165, 1.54) is 30.2 Å². The predicted molar refractivity (Wildman–Crippen MR) is 149 cm³/mol. The van der Waals surface area contributed by atoms with Crippen LogP contribution in [0, 0.1) is 17.8 Å². The minimum atomic E-state index is 0.557. The maximum atomic E-state index is 4.80. The Bertz CT molecular complexity index is 1800. The minimum absolute atomic E-state index is 0.557. The number of hydrogen-bond donors (Lipinski definition) is 1. The van der Waals surface area contributed by atoms with Crippen LogP contribution in [0.4, 0.5) is 0 Å². The molecule has 9 rings (SSSR count). The molecule has 0 amide bonds. The van der Waals surface area contributed by atoms with Crippen LogP contribution >= 0.6 is 0 Å². The molecule has 39 heavy (non-hydrogen) atoms. The quantitative estimate of drug-likeness (QED) is 0.323. The van der Waals surface area contributed by atoms with Crippen LogP contribution in [-0.2, 0) is 20.1 Å². The van der Waals surface area contributed by atoms with Crippen molar-refractivity contribution < 1.29 is 0 Å². The lowest BCUT2D eigenvalue weighted by molar-refractivity contribution is 0.271. The molecular formula is C30H31N9. The summed E-state index contributed by atoms with van der Waals surface area (Å²) >= 11 is 0. The first-order chi connectivity index (χ1) is 19.1. The summed E-state index contributed by atoms with van der Waals surface area (Å²) in [6.07, 6.45) is 20.6. The Morgan fingerprint density at radius 2 is 1.95 bits per heavy atom. The van der Waals surface area contributed by atoms with Gasteiger partial charge in [0, 0.05) is 61.7 Å². The summed E-state index contributed by atoms with van der Waals surface area (Å²) in [6.45, 7) is 2.60. The number of nitrogens with one attached hydrogen (secondary N) is 1. The van der Waals surface area contributed by atoms with Crippen molar-refractivity contribution in [3.8, 4) is 16.9 Å². The van der Waals surface area contributed by atoms with Crippen molar-refractivity contribution in [3.63, 3.8) is 0 Å². The number of imidazole rings is 1. The monoisotopic (exact) mass is 517 g/mol. The van der Waals surface area contributed by atoms with Gasteiger partial charge in [-0.1, -0.05) is 11.3 Å². The van der Waals surface area contributed by atoms with Crippen molar-refractivity contribution in [1.82, 2.24) is 43.8 Å². The highest BCUT2D eigenvalue weighted by molar-refractivity contribution is 5.82. The molecule has 3 aliphatic carbocycles. The number of fused-ring (bicyclic) bond motifs is 3. The van der Waals surface area contributed by atoms with Gasteiger partial charge in [-0.05, 0) is 67.3 Å². The second-order valence-electron chi connectivity index (χ2n) is 11.4. The van der Waals surface area contributed by atoms with E-state index in [2.05, 4.69) is 89.4 Å². The third kappa shape index (κ3) is 4.13. The van der Waals surface area contributed by atoms with Gasteiger partial charge < -0.3 is 18.9 Å². The number of rotatable bonds is 8. The minimum Gasteiger partial charge on any atom is -0.355 e. The molecule has 9 heteroatoms. The van der Waals surface area contributed by atoms with E-state index >= 15 is 0 Å². The molecule has 0 radical (unpaired) electrons. The van der Waals surface area contributed by atoms with Crippen molar-refractivity contribution in [1.29, 1.82) is 0 Å². The van der Waals surface area contributed by atoms with Crippen LogP contribution in [0.15, 0.2) is 73.8 Å². The van der Waals surface area contributed by atoms with Crippen LogP contribution in [0.1, 0.15) is 30.5 Å². The average Bonchev–Trinajstić information content (AvgIpc) is 3.74. The molecule has 3 aliphatic rings. The first kappa shape index (κ1) is 22.7. The highest BCUT2D eigenvalue weighted by atomic mass is 15.4. The fourth-order valence-electron chi connectivity index (χ4n) is 6.66. The molecule has 6 aromatic heterocycles. The average molecular weight is 518 g/mol. The molecule has 3 saturated carbocycles. The van der Waals surface area contributed by atoms with E-state index in [9.17, 15) is 0 Å². The fourth-order valence-corrected chi connectivity index (χ4v) is 6.66. The van der Waals surface area contributed by atoms with Crippen molar-refractivity contribution in [2.75, 3.05) is 6.54 Å². The summed E-state index contributed by atoms with van der Waals surface area (Å²) in [7, 11) is 2.04. The van der Waals surface area contributed by atoms with Crippen molar-refractivity contribution in [2.45, 2.75) is 32.4 Å². The molecule has 9 nitrogen and oxygen atoms in total. The molecule has 3 fully saturated rings. The van der Waals surface area contributed by atoms with Crippen LogP contribution < -0.4 is 5.32 Å². The van der Waals surface area contributed by atoms with Gasteiger partial charge in [0.2, 0.25) is 0 Å². The third-order valence-corrected chi connectivity index (χ3v) is 8.66. The summed E-state index contributed by atoms with van der Waals surface area (Å²) in [6, 6.07) is 8.49. The Morgan fingerprint density at radius 1 is 1.00 bits per heavy atom. The third-order valence-electron chi connectivity index (χ3n) is 8.66. The van der Waals surface area contributed by atoms with E-state index in [1.807, 2.05) is 30.3 Å². The highest BCUT2D eigenvalue weighted by Gasteiger charge is 2.43. The predicted octanol–water partition coefficient (Wildman–Crippen LogP) is 4.45. The van der Waals surface area contributed by atoms with Gasteiger partial charge in [-0.25, -0.2) is 9.67 Å². The van der Waals surface area contributed by atoms with Crippen molar-refractivity contribution >= 4 is 16.6 Å². The Morgan fingerprint density at radius 3 is 2.85 bits per heavy atom. The van der Waals surface area contributed by atoms with Gasteiger partial charge in [0.15, 0.2) is 0 Å². The van der Waals surface area contributed by atoms with Gasteiger partial charge in [0.1, 0.15) is 11.3 Å². The molecule has 0 aromatic carbocycles. The standard InChI is InChI=1S/C30H31N9/c1-36-15-22-4-5-39(29(22)19-36)27-9-25(12-32-13-27)28-18-38(35-34-28)17-26-16-37-14-20(2-3-30(37)33-26)10-31-11-24-8-21-6-23(24)7-21/h2-5,9,12-16,18-19,21,23-24,31H,6-8,10-11,17H2,1H3. The summed E-state index contributed by atoms with van der Waals surface area (Å²) < 4.78 is 8.17. The van der Waals surface area contributed by atoms with Gasteiger partial charge in [-0.3, -0.25) is 4.98 Å². The van der Waals surface area contributed by atoms with Crippen LogP contribution in [-0.4, -0.2) is 45.0 Å². The normalized spacial score (nSPS) is 20.3. The second-order valence-corrected chi connectivity index (χ2v) is 11.4. The zero-order valence-corrected chi connectivity index (χ0v) is 22.0. The first-order valence-electron chi connectivity index (χ1n) is 13.8. The van der Waals surface area contributed by atoms with Gasteiger partial charge in [-0.15, -0.1) is 5.10 Å². The number of aromatic nitrogens is 8. The lowest BCUT2D eigenvalue weighted by Crippen LogP contribution is -2.25. The zero-order valence-electron chi connectivity index (χ0n) is 22.0. The van der Waals surface area contributed by atoms with E-state index in [1.54, 1.807) is 0 Å². The molecule has 1 unspecified atom stereocenters. The fraction of sp³-hybridized carbons (Fsp3) is 0.333. The molecular weight excluding hydrogens is 486 g/mol. The topological polar surface area (TPSA) is 82.8 Å². The molecule has 6 heterocycles. The molecule has 1 N–H and O–H groups in total. The van der Waals surface area contributed by atoms with E-state index in [0.29, 0.717) is 6.54 Å². The van der Waals surface area contributed by atoms with Crippen LogP contribution in [0.25, 0.3) is 33.5 Å². The molecule has 1 atom stereocenters. The molecule has 0 saturated heterocycles. The highest BCUT2D eigenvalue weighted by Crippen LogP contribution is 2.52. The largest absolute Gasteiger partial charge is 0.355 e. The van der Waals surface area contributed by atoms with Gasteiger partial charge >= 0.3 is 0 Å². The molecule has 2 bridgehead atoms. The first-order valence-corrected chi connectivity index (χ1v) is 13.8. The van der Waals surface area contributed by atoms with Crippen molar-refractivity contribution in [2.24, 2.45) is 24.8 Å². The number of hydrogen-bond acceptors (Lipinski definition) is 5. The maximum absolute atomic E-state index is 4.80. The second kappa shape index (κ2) is 8.91. The summed E-state index contributed by atoms with van der Waals surface area (Å²) in [5.41, 5.74) is 7.04. The van der Waals surface area contributed by atoms with E-state index in [-0.39, 0.29) is 0 Å². The number of pyridine rings is 2. The Balaban J connectivity index is 0.961. The lowest BCUT2D eigenvalue weighted by Gasteiger charge is -2.24. The smallest absolute Gasteiger partial charge is 0.137 e. The lowest BCUT2D eigenvalue weighted by atomic mass is 9.82. The maximum Gasteiger partial charge on any atom is 0.137 e. The Labute approximate surface area is 226 Å². The number of nitrogens with zero attached hydrogens (tertiary/aromatic N) is 8. The van der Waals surface area contributed by atoms with E-state index < -0.39 is 0 Å². The van der Waals surface area contributed by atoms with Crippen LogP contribution in [0.3, 0.4) is 0 Å². The number of aryl methyl sites for hydroxylation is 1. The molecule has 196 valence electrons. The van der Waals surface area contributed by atoms with E-state index in [4.69, 9.17) is 4.98 Å². The SMILES string of the molecule is Cn1cc2ccn(-c3cncc(-c4cn(Cc5cn6cc(CNCC7CC8CC7C8)ccc6n5)nn4)c3)c2c1. The Kier molecular flexibility index (Phi) is 5.19.